The van der Waals surface area contributed by atoms with Crippen LogP contribution in [-0.4, -0.2) is 39.2 Å². The minimum Gasteiger partial charge on any atom is -0.393 e. The fourth-order valence-electron chi connectivity index (χ4n) is 1.83. The molecule has 1 rings (SSSR count). The number of nitrogens with zero attached hydrogens (tertiary/aromatic N) is 3. The Morgan fingerprint density at radius 1 is 1.33 bits per heavy atom. The molecule has 0 spiro atoms. The van der Waals surface area contributed by atoms with Crippen LogP contribution in [0.1, 0.15) is 38.8 Å². The second kappa shape index (κ2) is 8.35. The van der Waals surface area contributed by atoms with E-state index in [2.05, 4.69) is 20.6 Å². The quantitative estimate of drug-likeness (QED) is 0.363. The molecule has 1 unspecified atom stereocenters. The maximum Gasteiger partial charge on any atom is 0.332 e. The van der Waals surface area contributed by atoms with Gasteiger partial charge < -0.3 is 15.7 Å². The lowest BCUT2D eigenvalue weighted by atomic mass is 10.2. The molecule has 1 aromatic rings. The van der Waals surface area contributed by atoms with Crippen molar-refractivity contribution < 1.29 is 10.0 Å². The summed E-state index contributed by atoms with van der Waals surface area (Å²) in [6, 6.07) is 0. The molecular weight excluding hydrogens is 274 g/mol. The second-order valence-electron chi connectivity index (χ2n) is 4.93. The molecule has 0 fully saturated rings. The highest BCUT2D eigenvalue weighted by Gasteiger charge is 2.21. The number of aryl methyl sites for hydroxylation is 1. The predicted molar refractivity (Wildman–Crippen MR) is 81.6 cm³/mol. The van der Waals surface area contributed by atoms with Gasteiger partial charge >= 0.3 is 5.69 Å². The molecule has 1 atom stereocenters. The molecule has 0 aliphatic rings. The highest BCUT2D eigenvalue weighted by atomic mass is 16.6. The van der Waals surface area contributed by atoms with Crippen molar-refractivity contribution in [2.24, 2.45) is 0 Å². The first-order chi connectivity index (χ1) is 9.95. The van der Waals surface area contributed by atoms with Gasteiger partial charge in [-0.1, -0.05) is 6.92 Å². The van der Waals surface area contributed by atoms with Crippen LogP contribution in [0.15, 0.2) is 0 Å². The smallest absolute Gasteiger partial charge is 0.332 e. The zero-order valence-electron chi connectivity index (χ0n) is 12.7. The lowest BCUT2D eigenvalue weighted by molar-refractivity contribution is -0.385. The van der Waals surface area contributed by atoms with E-state index in [9.17, 15) is 15.2 Å². The van der Waals surface area contributed by atoms with Gasteiger partial charge in [-0.3, -0.25) is 10.1 Å². The number of nitro groups is 1. The molecule has 1 aromatic heterocycles. The summed E-state index contributed by atoms with van der Waals surface area (Å²) >= 11 is 0. The summed E-state index contributed by atoms with van der Waals surface area (Å²) in [5.41, 5.74) is 0.223. The third-order valence-electron chi connectivity index (χ3n) is 2.87. The number of aliphatic hydroxyl groups is 1. The number of aromatic nitrogens is 2. The molecule has 118 valence electrons. The highest BCUT2D eigenvalue weighted by Crippen LogP contribution is 2.26. The van der Waals surface area contributed by atoms with Crippen LogP contribution in [0.2, 0.25) is 0 Å². The van der Waals surface area contributed by atoms with Gasteiger partial charge in [-0.05, 0) is 33.1 Å². The molecule has 0 saturated heterocycles. The molecule has 0 saturated carbocycles. The first-order valence-corrected chi connectivity index (χ1v) is 7.14. The first-order valence-electron chi connectivity index (χ1n) is 7.14. The molecule has 0 aliphatic heterocycles. The minimum absolute atomic E-state index is 0.103. The standard InChI is InChI=1S/C13H23N5O3/c1-4-7-15-13-16-10(3)11(18(20)21)12(17-13)14-8-5-6-9(2)19/h9,19H,4-8H2,1-3H3,(H2,14,15,16,17). The lowest BCUT2D eigenvalue weighted by Gasteiger charge is -2.11. The Morgan fingerprint density at radius 3 is 2.62 bits per heavy atom. The van der Waals surface area contributed by atoms with E-state index in [4.69, 9.17) is 0 Å². The predicted octanol–water partition coefficient (Wildman–Crippen LogP) is 2.09. The zero-order valence-corrected chi connectivity index (χ0v) is 12.7. The fourth-order valence-corrected chi connectivity index (χ4v) is 1.83. The summed E-state index contributed by atoms with van der Waals surface area (Å²) in [5.74, 6) is 0.606. The molecule has 8 heteroatoms. The molecule has 0 aromatic carbocycles. The number of rotatable bonds is 9. The maximum absolute atomic E-state index is 11.1. The maximum atomic E-state index is 11.1. The van der Waals surface area contributed by atoms with Crippen LogP contribution >= 0.6 is 0 Å². The van der Waals surface area contributed by atoms with Gasteiger partial charge in [0, 0.05) is 13.1 Å². The summed E-state index contributed by atoms with van der Waals surface area (Å²) in [5, 5.41) is 26.3. The van der Waals surface area contributed by atoms with E-state index < -0.39 is 4.92 Å². The largest absolute Gasteiger partial charge is 0.393 e. The van der Waals surface area contributed by atoms with Gasteiger partial charge in [0.25, 0.3) is 0 Å². The average molecular weight is 297 g/mol. The number of aliphatic hydroxyl groups excluding tert-OH is 1. The van der Waals surface area contributed by atoms with Crippen LogP contribution < -0.4 is 10.6 Å². The van der Waals surface area contributed by atoms with Gasteiger partial charge in [-0.25, -0.2) is 4.98 Å². The van der Waals surface area contributed by atoms with Crippen molar-refractivity contribution in [2.75, 3.05) is 23.7 Å². The lowest BCUT2D eigenvalue weighted by Crippen LogP contribution is -2.13. The van der Waals surface area contributed by atoms with Gasteiger partial charge in [0.2, 0.25) is 11.8 Å². The third-order valence-corrected chi connectivity index (χ3v) is 2.87. The van der Waals surface area contributed by atoms with E-state index >= 15 is 0 Å². The van der Waals surface area contributed by atoms with Crippen molar-refractivity contribution in [1.82, 2.24) is 9.97 Å². The van der Waals surface area contributed by atoms with E-state index in [0.717, 1.165) is 6.42 Å². The van der Waals surface area contributed by atoms with Crippen LogP contribution in [0.25, 0.3) is 0 Å². The number of hydrogen-bond acceptors (Lipinski definition) is 7. The number of nitrogens with one attached hydrogen (secondary N) is 2. The van der Waals surface area contributed by atoms with E-state index in [1.165, 1.54) is 0 Å². The Bertz CT molecular complexity index is 479. The topological polar surface area (TPSA) is 113 Å². The molecule has 0 bridgehead atoms. The van der Waals surface area contributed by atoms with Crippen molar-refractivity contribution >= 4 is 17.5 Å². The van der Waals surface area contributed by atoms with Gasteiger partial charge in [0.1, 0.15) is 5.69 Å². The Balaban J connectivity index is 2.85. The van der Waals surface area contributed by atoms with E-state index in [1.54, 1.807) is 13.8 Å². The van der Waals surface area contributed by atoms with E-state index in [-0.39, 0.29) is 17.6 Å². The van der Waals surface area contributed by atoms with Crippen LogP contribution in [0.5, 0.6) is 0 Å². The average Bonchev–Trinajstić information content (AvgIpc) is 2.40. The van der Waals surface area contributed by atoms with Crippen molar-refractivity contribution in [3.63, 3.8) is 0 Å². The minimum atomic E-state index is -0.476. The number of anilines is 2. The highest BCUT2D eigenvalue weighted by molar-refractivity contribution is 5.60. The monoisotopic (exact) mass is 297 g/mol. The fraction of sp³-hybridized carbons (Fsp3) is 0.692. The summed E-state index contributed by atoms with van der Waals surface area (Å²) in [6.45, 7) is 6.54. The molecule has 0 amide bonds. The van der Waals surface area contributed by atoms with Gasteiger partial charge in [-0.2, -0.15) is 4.98 Å². The Kier molecular flexibility index (Phi) is 6.80. The Labute approximate surface area is 124 Å². The third kappa shape index (κ3) is 5.50. The van der Waals surface area contributed by atoms with Crippen LogP contribution in [0.4, 0.5) is 17.5 Å². The summed E-state index contributed by atoms with van der Waals surface area (Å²) < 4.78 is 0. The second-order valence-corrected chi connectivity index (χ2v) is 4.93. The molecule has 1 heterocycles. The van der Waals surface area contributed by atoms with Crippen molar-refractivity contribution in [2.45, 2.75) is 46.1 Å². The van der Waals surface area contributed by atoms with Gasteiger partial charge in [-0.15, -0.1) is 0 Å². The molecule has 21 heavy (non-hydrogen) atoms. The Morgan fingerprint density at radius 2 is 2.05 bits per heavy atom. The number of hydrogen-bond donors (Lipinski definition) is 3. The van der Waals surface area contributed by atoms with Gasteiger partial charge in [0.15, 0.2) is 0 Å². The van der Waals surface area contributed by atoms with Crippen molar-refractivity contribution in [3.05, 3.63) is 15.8 Å². The van der Waals surface area contributed by atoms with Crippen molar-refractivity contribution in [1.29, 1.82) is 0 Å². The summed E-state index contributed by atoms with van der Waals surface area (Å²) in [7, 11) is 0. The summed E-state index contributed by atoms with van der Waals surface area (Å²) in [6.07, 6.45) is 1.87. The SMILES string of the molecule is CCCNc1nc(C)c([N+](=O)[O-])c(NCCCC(C)O)n1. The molecule has 0 aliphatic carbocycles. The van der Waals surface area contributed by atoms with E-state index in [1.807, 2.05) is 6.92 Å². The Hall–Kier alpha value is -1.96. The normalized spacial score (nSPS) is 12.0. The molecule has 8 nitrogen and oxygen atoms in total. The van der Waals surface area contributed by atoms with Gasteiger partial charge in [0.05, 0.1) is 11.0 Å². The first kappa shape index (κ1) is 17.1. The van der Waals surface area contributed by atoms with Crippen LogP contribution in [-0.2, 0) is 0 Å². The molecular formula is C13H23N5O3. The van der Waals surface area contributed by atoms with Crippen molar-refractivity contribution in [3.8, 4) is 0 Å². The zero-order chi connectivity index (χ0) is 15.8. The molecule has 0 radical (unpaired) electrons. The van der Waals surface area contributed by atoms with E-state index in [0.29, 0.717) is 37.6 Å². The van der Waals surface area contributed by atoms with Crippen LogP contribution in [0.3, 0.4) is 0 Å². The van der Waals surface area contributed by atoms with Crippen LogP contribution in [0, 0.1) is 17.0 Å². The molecule has 3 N–H and O–H groups in total. The summed E-state index contributed by atoms with van der Waals surface area (Å²) in [4.78, 5) is 18.9.